The van der Waals surface area contributed by atoms with E-state index in [0.717, 1.165) is 28.2 Å². The Balaban J connectivity index is 1.50. The van der Waals surface area contributed by atoms with Gasteiger partial charge in [0.25, 0.3) is 5.91 Å². The maximum absolute atomic E-state index is 13.7. The topological polar surface area (TPSA) is 93.2 Å². The number of rotatable bonds is 4. The lowest BCUT2D eigenvalue weighted by atomic mass is 10.1. The van der Waals surface area contributed by atoms with Crippen molar-refractivity contribution in [3.05, 3.63) is 53.9 Å². The highest BCUT2D eigenvalue weighted by Gasteiger charge is 2.27. The summed E-state index contributed by atoms with van der Waals surface area (Å²) in [7, 11) is 0. The minimum absolute atomic E-state index is 0.0153. The average Bonchev–Trinajstić information content (AvgIpc) is 3.41. The second kappa shape index (κ2) is 8.31. The second-order valence-electron chi connectivity index (χ2n) is 8.63. The monoisotopic (exact) mass is 445 g/mol. The molecule has 33 heavy (non-hydrogen) atoms. The van der Waals surface area contributed by atoms with E-state index in [4.69, 9.17) is 9.40 Å². The highest BCUT2D eigenvalue weighted by Crippen LogP contribution is 2.30. The quantitative estimate of drug-likeness (QED) is 0.473. The fourth-order valence-corrected chi connectivity index (χ4v) is 4.33. The molecule has 0 aliphatic carbocycles. The predicted molar refractivity (Wildman–Crippen MR) is 125 cm³/mol. The summed E-state index contributed by atoms with van der Waals surface area (Å²) in [6, 6.07) is 5.76. The first-order valence-corrected chi connectivity index (χ1v) is 11.2. The van der Waals surface area contributed by atoms with Crippen molar-refractivity contribution < 1.29 is 9.21 Å². The van der Waals surface area contributed by atoms with Crippen molar-refractivity contribution in [3.63, 3.8) is 0 Å². The Hall–Kier alpha value is -3.75. The molecule has 0 bridgehead atoms. The molecule has 0 saturated carbocycles. The van der Waals surface area contributed by atoms with Gasteiger partial charge >= 0.3 is 0 Å². The van der Waals surface area contributed by atoms with E-state index >= 15 is 0 Å². The number of pyridine rings is 1. The van der Waals surface area contributed by atoms with E-state index in [-0.39, 0.29) is 11.9 Å². The SMILES string of the molecule is Cc1cc(-c2cc(C(=O)N3CCN(c4ncccn4)CC3)c3cnn(C(C)C)c3n2)c(C)o1. The smallest absolute Gasteiger partial charge is 0.254 e. The number of fused-ring (bicyclic) bond motifs is 1. The summed E-state index contributed by atoms with van der Waals surface area (Å²) in [5.41, 5.74) is 2.94. The van der Waals surface area contributed by atoms with Gasteiger partial charge in [0.2, 0.25) is 5.95 Å². The fraction of sp³-hybridized carbons (Fsp3) is 0.375. The number of hydrogen-bond acceptors (Lipinski definition) is 7. The van der Waals surface area contributed by atoms with Crippen LogP contribution in [0.15, 0.2) is 41.2 Å². The highest BCUT2D eigenvalue weighted by atomic mass is 16.3. The Bertz CT molecular complexity index is 1300. The van der Waals surface area contributed by atoms with Crippen molar-refractivity contribution in [2.24, 2.45) is 0 Å². The molecule has 1 fully saturated rings. The van der Waals surface area contributed by atoms with Crippen LogP contribution in [-0.2, 0) is 0 Å². The minimum atomic E-state index is -0.0153. The molecule has 5 heterocycles. The van der Waals surface area contributed by atoms with Gasteiger partial charge in [-0.1, -0.05) is 0 Å². The number of carbonyl (C=O) groups excluding carboxylic acids is 1. The second-order valence-corrected chi connectivity index (χ2v) is 8.63. The van der Waals surface area contributed by atoms with E-state index in [0.29, 0.717) is 43.3 Å². The van der Waals surface area contributed by atoms with Crippen LogP contribution >= 0.6 is 0 Å². The van der Waals surface area contributed by atoms with Crippen LogP contribution in [0.3, 0.4) is 0 Å². The lowest BCUT2D eigenvalue weighted by Crippen LogP contribution is -2.49. The predicted octanol–water partition coefficient (Wildman–Crippen LogP) is 3.64. The average molecular weight is 446 g/mol. The van der Waals surface area contributed by atoms with Gasteiger partial charge in [-0.15, -0.1) is 0 Å². The van der Waals surface area contributed by atoms with E-state index in [1.54, 1.807) is 24.7 Å². The van der Waals surface area contributed by atoms with Gasteiger partial charge < -0.3 is 14.2 Å². The van der Waals surface area contributed by atoms with Crippen molar-refractivity contribution in [1.29, 1.82) is 0 Å². The van der Waals surface area contributed by atoms with Gasteiger partial charge in [-0.2, -0.15) is 5.10 Å². The molecule has 1 aliphatic heterocycles. The van der Waals surface area contributed by atoms with Crippen molar-refractivity contribution in [1.82, 2.24) is 29.6 Å². The first-order valence-electron chi connectivity index (χ1n) is 11.2. The number of furan rings is 1. The van der Waals surface area contributed by atoms with Crippen LogP contribution in [0.25, 0.3) is 22.3 Å². The summed E-state index contributed by atoms with van der Waals surface area (Å²) in [4.78, 5) is 31.2. The highest BCUT2D eigenvalue weighted by molar-refractivity contribution is 6.06. The van der Waals surface area contributed by atoms with Crippen molar-refractivity contribution in [3.8, 4) is 11.3 Å². The molecule has 170 valence electrons. The third-order valence-corrected chi connectivity index (χ3v) is 6.01. The molecular formula is C24H27N7O2. The van der Waals surface area contributed by atoms with Gasteiger partial charge in [0.05, 0.1) is 22.8 Å². The number of nitrogens with zero attached hydrogens (tertiary/aromatic N) is 7. The first-order chi connectivity index (χ1) is 15.9. The zero-order valence-corrected chi connectivity index (χ0v) is 19.3. The summed E-state index contributed by atoms with van der Waals surface area (Å²) >= 11 is 0. The van der Waals surface area contributed by atoms with Crippen LogP contribution in [0.4, 0.5) is 5.95 Å². The van der Waals surface area contributed by atoms with Crippen LogP contribution < -0.4 is 4.90 Å². The van der Waals surface area contributed by atoms with Crippen LogP contribution in [-0.4, -0.2) is 61.7 Å². The molecule has 0 atom stereocenters. The Morgan fingerprint density at radius 2 is 1.79 bits per heavy atom. The minimum Gasteiger partial charge on any atom is -0.466 e. The van der Waals surface area contributed by atoms with E-state index in [1.807, 2.05) is 35.6 Å². The molecule has 1 aliphatic rings. The summed E-state index contributed by atoms with van der Waals surface area (Å²) in [6.45, 7) is 10.5. The molecular weight excluding hydrogens is 418 g/mol. The van der Waals surface area contributed by atoms with Gasteiger partial charge in [-0.25, -0.2) is 19.6 Å². The number of amides is 1. The molecule has 9 nitrogen and oxygen atoms in total. The first kappa shape index (κ1) is 21.1. The number of hydrogen-bond donors (Lipinski definition) is 0. The lowest BCUT2D eigenvalue weighted by molar-refractivity contribution is 0.0748. The number of piperazine rings is 1. The Morgan fingerprint density at radius 1 is 1.06 bits per heavy atom. The molecule has 0 N–H and O–H groups in total. The zero-order chi connectivity index (χ0) is 23.1. The number of aryl methyl sites for hydroxylation is 2. The zero-order valence-electron chi connectivity index (χ0n) is 19.3. The third kappa shape index (κ3) is 3.83. The van der Waals surface area contributed by atoms with Gasteiger partial charge in [0, 0.05) is 50.2 Å². The summed E-state index contributed by atoms with van der Waals surface area (Å²) in [5.74, 6) is 2.28. The van der Waals surface area contributed by atoms with Crippen LogP contribution in [0.5, 0.6) is 0 Å². The van der Waals surface area contributed by atoms with Crippen LogP contribution in [0, 0.1) is 13.8 Å². The Kier molecular flexibility index (Phi) is 5.32. The number of anilines is 1. The Labute approximate surface area is 192 Å². The van der Waals surface area contributed by atoms with E-state index in [1.165, 1.54) is 0 Å². The van der Waals surface area contributed by atoms with Gasteiger partial charge in [0.15, 0.2) is 5.65 Å². The molecule has 4 aromatic heterocycles. The van der Waals surface area contributed by atoms with Gasteiger partial charge in [-0.3, -0.25) is 4.79 Å². The van der Waals surface area contributed by atoms with Crippen molar-refractivity contribution in [2.45, 2.75) is 33.7 Å². The molecule has 4 aromatic rings. The fourth-order valence-electron chi connectivity index (χ4n) is 4.33. The molecule has 5 rings (SSSR count). The van der Waals surface area contributed by atoms with Crippen molar-refractivity contribution >= 4 is 22.9 Å². The van der Waals surface area contributed by atoms with E-state index < -0.39 is 0 Å². The molecule has 1 amide bonds. The molecule has 9 heteroatoms. The van der Waals surface area contributed by atoms with Gasteiger partial charge in [0.1, 0.15) is 11.5 Å². The molecule has 1 saturated heterocycles. The van der Waals surface area contributed by atoms with E-state index in [9.17, 15) is 4.79 Å². The van der Waals surface area contributed by atoms with E-state index in [2.05, 4.69) is 33.8 Å². The lowest BCUT2D eigenvalue weighted by Gasteiger charge is -2.34. The maximum Gasteiger partial charge on any atom is 0.254 e. The summed E-state index contributed by atoms with van der Waals surface area (Å²) in [6.07, 6.45) is 5.23. The number of carbonyl (C=O) groups is 1. The van der Waals surface area contributed by atoms with Crippen LogP contribution in [0.2, 0.25) is 0 Å². The van der Waals surface area contributed by atoms with Crippen LogP contribution in [0.1, 0.15) is 41.8 Å². The molecule has 0 spiro atoms. The van der Waals surface area contributed by atoms with Crippen molar-refractivity contribution in [2.75, 3.05) is 31.1 Å². The third-order valence-electron chi connectivity index (χ3n) is 6.01. The number of aromatic nitrogens is 5. The summed E-state index contributed by atoms with van der Waals surface area (Å²) in [5, 5.41) is 5.30. The Morgan fingerprint density at radius 3 is 2.42 bits per heavy atom. The van der Waals surface area contributed by atoms with Gasteiger partial charge in [-0.05, 0) is 45.9 Å². The summed E-state index contributed by atoms with van der Waals surface area (Å²) < 4.78 is 7.60. The largest absolute Gasteiger partial charge is 0.466 e. The molecule has 0 aromatic carbocycles. The molecule has 0 radical (unpaired) electrons. The normalized spacial score (nSPS) is 14.5. The standard InChI is InChI=1S/C24H27N7O2/c1-15(2)31-22-20(14-27-31)19(13-21(28-22)18-12-16(3)33-17(18)4)23(32)29-8-10-30(11-9-29)24-25-6-5-7-26-24/h5-7,12-15H,8-11H2,1-4H3. The maximum atomic E-state index is 13.7. The molecule has 0 unspecified atom stereocenters.